The molecule has 1 fully saturated rings. The maximum atomic E-state index is 13.4. The first kappa shape index (κ1) is 8.24. The predicted octanol–water partition coefficient (Wildman–Crippen LogP) is 2.26. The SMILES string of the molecule is C[C@@]12CCO[C@@H]1Nc1c(F)cccc12. The highest BCUT2D eigenvalue weighted by Gasteiger charge is 2.48. The Hall–Kier alpha value is -1.09. The first-order chi connectivity index (χ1) is 6.72. The second kappa shape index (κ2) is 2.48. The molecule has 1 N–H and O–H groups in total. The van der Waals surface area contributed by atoms with Crippen molar-refractivity contribution >= 4 is 5.69 Å². The summed E-state index contributed by atoms with van der Waals surface area (Å²) in [4.78, 5) is 0. The minimum absolute atomic E-state index is 0.0442. The summed E-state index contributed by atoms with van der Waals surface area (Å²) < 4.78 is 19.0. The molecule has 0 unspecified atom stereocenters. The molecule has 0 bridgehead atoms. The largest absolute Gasteiger partial charge is 0.358 e. The summed E-state index contributed by atoms with van der Waals surface area (Å²) in [5.74, 6) is -0.179. The van der Waals surface area contributed by atoms with Crippen LogP contribution in [-0.2, 0) is 10.2 Å². The average Bonchev–Trinajstić information content (AvgIpc) is 2.62. The summed E-state index contributed by atoms with van der Waals surface area (Å²) >= 11 is 0. The highest BCUT2D eigenvalue weighted by molar-refractivity contribution is 5.62. The molecule has 2 heterocycles. The third-order valence-electron chi connectivity index (χ3n) is 3.39. The molecule has 2 nitrogen and oxygen atoms in total. The van der Waals surface area contributed by atoms with E-state index in [1.54, 1.807) is 6.07 Å². The molecular weight excluding hydrogens is 181 g/mol. The highest BCUT2D eigenvalue weighted by atomic mass is 19.1. The fourth-order valence-electron chi connectivity index (χ4n) is 2.46. The lowest BCUT2D eigenvalue weighted by Crippen LogP contribution is -2.31. The molecule has 3 heteroatoms. The maximum Gasteiger partial charge on any atom is 0.146 e. The van der Waals surface area contributed by atoms with Crippen LogP contribution in [-0.4, -0.2) is 12.8 Å². The van der Waals surface area contributed by atoms with Crippen LogP contribution in [0.15, 0.2) is 18.2 Å². The van der Waals surface area contributed by atoms with Gasteiger partial charge in [0.1, 0.15) is 12.0 Å². The number of benzene rings is 1. The molecule has 2 atom stereocenters. The molecule has 3 rings (SSSR count). The average molecular weight is 193 g/mol. The molecule has 74 valence electrons. The van der Waals surface area contributed by atoms with E-state index in [1.165, 1.54) is 6.07 Å². The number of fused-ring (bicyclic) bond motifs is 3. The second-order valence-electron chi connectivity index (χ2n) is 4.23. The molecular formula is C11H12FNO. The Balaban J connectivity index is 2.20. The summed E-state index contributed by atoms with van der Waals surface area (Å²) in [6, 6.07) is 5.23. The zero-order valence-electron chi connectivity index (χ0n) is 8.01. The van der Waals surface area contributed by atoms with Gasteiger partial charge in [-0.25, -0.2) is 4.39 Å². The van der Waals surface area contributed by atoms with Gasteiger partial charge in [-0.3, -0.25) is 0 Å². The Labute approximate surface area is 82.1 Å². The van der Waals surface area contributed by atoms with Crippen molar-refractivity contribution in [2.75, 3.05) is 11.9 Å². The number of anilines is 1. The number of nitrogens with one attached hydrogen (secondary N) is 1. The van der Waals surface area contributed by atoms with Crippen molar-refractivity contribution in [2.24, 2.45) is 0 Å². The number of halogens is 1. The zero-order valence-corrected chi connectivity index (χ0v) is 8.01. The predicted molar refractivity (Wildman–Crippen MR) is 51.7 cm³/mol. The molecule has 1 aromatic rings. The van der Waals surface area contributed by atoms with E-state index in [1.807, 2.05) is 6.07 Å². The minimum atomic E-state index is -0.179. The van der Waals surface area contributed by atoms with Crippen LogP contribution in [0.4, 0.5) is 10.1 Å². The van der Waals surface area contributed by atoms with E-state index in [0.29, 0.717) is 5.69 Å². The number of rotatable bonds is 0. The molecule has 0 aliphatic carbocycles. The fourth-order valence-corrected chi connectivity index (χ4v) is 2.46. The van der Waals surface area contributed by atoms with Gasteiger partial charge in [-0.1, -0.05) is 19.1 Å². The van der Waals surface area contributed by atoms with Gasteiger partial charge in [0.25, 0.3) is 0 Å². The third-order valence-corrected chi connectivity index (χ3v) is 3.39. The summed E-state index contributed by atoms with van der Waals surface area (Å²) in [6.07, 6.45) is 0.913. The molecule has 0 amide bonds. The van der Waals surface area contributed by atoms with Gasteiger partial charge in [-0.15, -0.1) is 0 Å². The summed E-state index contributed by atoms with van der Waals surface area (Å²) in [5.41, 5.74) is 1.64. The van der Waals surface area contributed by atoms with Crippen LogP contribution in [0.1, 0.15) is 18.9 Å². The first-order valence-electron chi connectivity index (χ1n) is 4.89. The number of ether oxygens (including phenoxy) is 1. The zero-order chi connectivity index (χ0) is 9.76. The Bertz CT molecular complexity index is 393. The van der Waals surface area contributed by atoms with E-state index >= 15 is 0 Å². The fraction of sp³-hybridized carbons (Fsp3) is 0.455. The van der Waals surface area contributed by atoms with E-state index in [9.17, 15) is 4.39 Å². The van der Waals surface area contributed by atoms with Gasteiger partial charge < -0.3 is 10.1 Å². The molecule has 1 saturated heterocycles. The molecule has 14 heavy (non-hydrogen) atoms. The van der Waals surface area contributed by atoms with Gasteiger partial charge in [0.05, 0.1) is 12.3 Å². The Morgan fingerprint density at radius 3 is 3.29 bits per heavy atom. The van der Waals surface area contributed by atoms with Gasteiger partial charge in [-0.2, -0.15) is 0 Å². The van der Waals surface area contributed by atoms with Crippen molar-refractivity contribution < 1.29 is 9.13 Å². The summed E-state index contributed by atoms with van der Waals surface area (Å²) in [6.45, 7) is 2.88. The van der Waals surface area contributed by atoms with E-state index < -0.39 is 0 Å². The topological polar surface area (TPSA) is 21.3 Å². The van der Waals surface area contributed by atoms with Crippen LogP contribution in [0, 0.1) is 5.82 Å². The van der Waals surface area contributed by atoms with Gasteiger partial charge in [0.2, 0.25) is 0 Å². The smallest absolute Gasteiger partial charge is 0.146 e. The Morgan fingerprint density at radius 1 is 1.57 bits per heavy atom. The first-order valence-corrected chi connectivity index (χ1v) is 4.89. The Kier molecular flexibility index (Phi) is 1.46. The molecule has 2 aliphatic rings. The lowest BCUT2D eigenvalue weighted by Gasteiger charge is -2.21. The molecule has 2 aliphatic heterocycles. The normalized spacial score (nSPS) is 33.7. The van der Waals surface area contributed by atoms with Crippen molar-refractivity contribution in [3.63, 3.8) is 0 Å². The maximum absolute atomic E-state index is 13.4. The Morgan fingerprint density at radius 2 is 2.43 bits per heavy atom. The third kappa shape index (κ3) is 0.831. The van der Waals surface area contributed by atoms with Crippen molar-refractivity contribution in [2.45, 2.75) is 25.0 Å². The van der Waals surface area contributed by atoms with Crippen LogP contribution in [0.5, 0.6) is 0 Å². The second-order valence-corrected chi connectivity index (χ2v) is 4.23. The number of para-hydroxylation sites is 1. The van der Waals surface area contributed by atoms with Crippen molar-refractivity contribution in [3.8, 4) is 0 Å². The molecule has 1 aromatic carbocycles. The molecule has 0 spiro atoms. The quantitative estimate of drug-likeness (QED) is 0.682. The van der Waals surface area contributed by atoms with E-state index in [0.717, 1.165) is 18.6 Å². The van der Waals surface area contributed by atoms with Gasteiger partial charge in [-0.05, 0) is 18.1 Å². The van der Waals surface area contributed by atoms with Crippen LogP contribution >= 0.6 is 0 Å². The number of hydrogen-bond acceptors (Lipinski definition) is 2. The van der Waals surface area contributed by atoms with Gasteiger partial charge in [0.15, 0.2) is 0 Å². The summed E-state index contributed by atoms with van der Waals surface area (Å²) in [7, 11) is 0. The van der Waals surface area contributed by atoms with E-state index in [2.05, 4.69) is 12.2 Å². The van der Waals surface area contributed by atoms with Crippen molar-refractivity contribution in [3.05, 3.63) is 29.6 Å². The monoisotopic (exact) mass is 193 g/mol. The highest BCUT2D eigenvalue weighted by Crippen LogP contribution is 2.47. The van der Waals surface area contributed by atoms with Crippen LogP contribution in [0.2, 0.25) is 0 Å². The van der Waals surface area contributed by atoms with Crippen LogP contribution in [0.25, 0.3) is 0 Å². The van der Waals surface area contributed by atoms with Crippen LogP contribution < -0.4 is 5.32 Å². The van der Waals surface area contributed by atoms with Gasteiger partial charge >= 0.3 is 0 Å². The van der Waals surface area contributed by atoms with Crippen LogP contribution in [0.3, 0.4) is 0 Å². The van der Waals surface area contributed by atoms with Crippen molar-refractivity contribution in [1.82, 2.24) is 0 Å². The molecule has 0 radical (unpaired) electrons. The lowest BCUT2D eigenvalue weighted by atomic mass is 9.82. The van der Waals surface area contributed by atoms with Gasteiger partial charge in [0, 0.05) is 5.41 Å². The van der Waals surface area contributed by atoms with Crippen molar-refractivity contribution in [1.29, 1.82) is 0 Å². The standard InChI is InChI=1S/C11H12FNO/c1-11-5-6-14-10(11)13-9-7(11)3-2-4-8(9)12/h2-4,10,13H,5-6H2,1H3/t10-,11-/m0/s1. The molecule has 0 saturated carbocycles. The molecule has 0 aromatic heterocycles. The van der Waals surface area contributed by atoms with E-state index in [4.69, 9.17) is 4.74 Å². The minimum Gasteiger partial charge on any atom is -0.358 e. The van der Waals surface area contributed by atoms with E-state index in [-0.39, 0.29) is 17.5 Å². The lowest BCUT2D eigenvalue weighted by molar-refractivity contribution is 0.112. The summed E-state index contributed by atoms with van der Waals surface area (Å²) in [5, 5.41) is 3.11. The number of hydrogen-bond donors (Lipinski definition) is 1.